The molecule has 0 bridgehead atoms. The third-order valence-electron chi connectivity index (χ3n) is 6.36. The summed E-state index contributed by atoms with van der Waals surface area (Å²) in [7, 11) is -3.95. The molecule has 9 nitrogen and oxygen atoms in total. The molecule has 3 N–H and O–H groups in total. The van der Waals surface area contributed by atoms with E-state index in [1.165, 1.54) is 43.5 Å². The molecule has 0 atom stereocenters. The Morgan fingerprint density at radius 2 is 1.51 bits per heavy atom. The van der Waals surface area contributed by atoms with Gasteiger partial charge in [0.15, 0.2) is 5.75 Å². The van der Waals surface area contributed by atoms with Gasteiger partial charge < -0.3 is 20.3 Å². The third-order valence-corrected chi connectivity index (χ3v) is 7.74. The molecule has 0 unspecified atom stereocenters. The van der Waals surface area contributed by atoms with E-state index in [0.717, 1.165) is 26.1 Å². The van der Waals surface area contributed by atoms with Crippen LogP contribution >= 0.6 is 0 Å². The van der Waals surface area contributed by atoms with Gasteiger partial charge >= 0.3 is 0 Å². The summed E-state index contributed by atoms with van der Waals surface area (Å²) < 4.78 is 34.4. The Morgan fingerprint density at radius 3 is 2.26 bits per heavy atom. The van der Waals surface area contributed by atoms with E-state index in [1.54, 1.807) is 36.4 Å². The number of amides is 2. The maximum atomic E-state index is 13.0. The lowest BCUT2D eigenvalue weighted by Gasteiger charge is -2.26. The Kier molecular flexibility index (Phi) is 9.93. The lowest BCUT2D eigenvalue weighted by Crippen LogP contribution is -2.38. The van der Waals surface area contributed by atoms with Crippen molar-refractivity contribution < 1.29 is 22.7 Å². The topological polar surface area (TPSA) is 117 Å². The van der Waals surface area contributed by atoms with Crippen molar-refractivity contribution in [2.24, 2.45) is 0 Å². The average Bonchev–Trinajstić information content (AvgIpc) is 2.96. The predicted octanol–water partition coefficient (Wildman–Crippen LogP) is 4.00. The molecule has 206 valence electrons. The van der Waals surface area contributed by atoms with E-state index >= 15 is 0 Å². The highest BCUT2D eigenvalue weighted by Crippen LogP contribution is 2.30. The van der Waals surface area contributed by atoms with Crippen LogP contribution in [0.1, 0.15) is 36.0 Å². The van der Waals surface area contributed by atoms with Gasteiger partial charge in [0.05, 0.1) is 17.1 Å². The minimum Gasteiger partial charge on any atom is -0.455 e. The van der Waals surface area contributed by atoms with Crippen LogP contribution in [0.2, 0.25) is 0 Å². The largest absolute Gasteiger partial charge is 0.455 e. The zero-order valence-corrected chi connectivity index (χ0v) is 22.6. The molecular formula is C29H34N4O5S. The van der Waals surface area contributed by atoms with Crippen molar-refractivity contribution >= 4 is 27.5 Å². The van der Waals surface area contributed by atoms with E-state index in [2.05, 4.69) is 20.3 Å². The Morgan fingerprint density at radius 1 is 0.821 bits per heavy atom. The van der Waals surface area contributed by atoms with Crippen LogP contribution < -0.4 is 20.1 Å². The van der Waals surface area contributed by atoms with E-state index in [9.17, 15) is 18.0 Å². The SMILES string of the molecule is O=C(CNC(=O)c1ccc(S(=O)(=O)Nc2ccccc2Oc2ccccc2)cc1)NCCCN1CCCCC1. The Hall–Kier alpha value is -3.89. The first-order valence-electron chi connectivity index (χ1n) is 13.1. The number of piperidine rings is 1. The first-order valence-corrected chi connectivity index (χ1v) is 14.6. The molecule has 0 aliphatic carbocycles. The number of ether oxygens (including phenoxy) is 1. The number of likely N-dealkylation sites (tertiary alicyclic amines) is 1. The molecule has 3 aromatic rings. The predicted molar refractivity (Wildman–Crippen MR) is 150 cm³/mol. The van der Waals surface area contributed by atoms with E-state index in [1.807, 2.05) is 18.2 Å². The standard InChI is InChI=1S/C29H34N4O5S/c34-28(30-18-9-21-33-19-7-2-8-20-33)22-31-29(35)23-14-16-25(17-15-23)39(36,37)32-26-12-5-6-13-27(26)38-24-10-3-1-4-11-24/h1,3-6,10-17,32H,2,7-9,18-22H2,(H,30,34)(H,31,35). The van der Waals surface area contributed by atoms with Gasteiger partial charge in [0.1, 0.15) is 5.75 Å². The number of hydrogen-bond acceptors (Lipinski definition) is 6. The number of carbonyl (C=O) groups is 2. The summed E-state index contributed by atoms with van der Waals surface area (Å²) in [4.78, 5) is 27.0. The summed E-state index contributed by atoms with van der Waals surface area (Å²) >= 11 is 0. The van der Waals surface area contributed by atoms with Crippen LogP contribution in [0.5, 0.6) is 11.5 Å². The van der Waals surface area contributed by atoms with Crippen LogP contribution in [-0.2, 0) is 14.8 Å². The molecule has 1 heterocycles. The maximum Gasteiger partial charge on any atom is 0.262 e. The molecular weight excluding hydrogens is 516 g/mol. The summed E-state index contributed by atoms with van der Waals surface area (Å²) in [5.41, 5.74) is 0.532. The molecule has 3 aromatic carbocycles. The molecule has 0 aromatic heterocycles. The fourth-order valence-corrected chi connectivity index (χ4v) is 5.35. The zero-order chi connectivity index (χ0) is 27.5. The fraction of sp³-hybridized carbons (Fsp3) is 0.310. The van der Waals surface area contributed by atoms with Crippen molar-refractivity contribution in [3.05, 3.63) is 84.4 Å². The minimum atomic E-state index is -3.95. The smallest absolute Gasteiger partial charge is 0.262 e. The van der Waals surface area contributed by atoms with Crippen LogP contribution in [0.3, 0.4) is 0 Å². The monoisotopic (exact) mass is 550 g/mol. The minimum absolute atomic E-state index is 0.0139. The van der Waals surface area contributed by atoms with E-state index in [4.69, 9.17) is 4.74 Å². The number of anilines is 1. The lowest BCUT2D eigenvalue weighted by atomic mass is 10.1. The van der Waals surface area contributed by atoms with Crippen molar-refractivity contribution in [3.8, 4) is 11.5 Å². The molecule has 4 rings (SSSR count). The molecule has 10 heteroatoms. The Labute approximate surface area is 229 Å². The van der Waals surface area contributed by atoms with Crippen LogP contribution in [-0.4, -0.2) is 57.9 Å². The molecule has 2 amide bonds. The molecule has 0 spiro atoms. The average molecular weight is 551 g/mol. The van der Waals surface area contributed by atoms with Gasteiger partial charge in [-0.05, 0) is 87.4 Å². The van der Waals surface area contributed by atoms with Gasteiger partial charge in [-0.2, -0.15) is 0 Å². The maximum absolute atomic E-state index is 13.0. The Balaban J connectivity index is 1.26. The normalized spacial score (nSPS) is 13.8. The fourth-order valence-electron chi connectivity index (χ4n) is 4.28. The molecule has 1 aliphatic heterocycles. The third kappa shape index (κ3) is 8.56. The van der Waals surface area contributed by atoms with E-state index in [-0.39, 0.29) is 28.6 Å². The van der Waals surface area contributed by atoms with Crippen molar-refractivity contribution in [1.82, 2.24) is 15.5 Å². The highest BCUT2D eigenvalue weighted by molar-refractivity contribution is 7.92. The number of nitrogens with zero attached hydrogens (tertiary/aromatic N) is 1. The molecule has 0 saturated carbocycles. The first-order chi connectivity index (χ1) is 18.9. The summed E-state index contributed by atoms with van der Waals surface area (Å²) in [5, 5.41) is 5.40. The second-order valence-corrected chi connectivity index (χ2v) is 11.0. The number of para-hydroxylation sites is 3. The number of sulfonamides is 1. The molecule has 39 heavy (non-hydrogen) atoms. The Bertz CT molecular complexity index is 1340. The summed E-state index contributed by atoms with van der Waals surface area (Å²) in [6.07, 6.45) is 4.63. The number of rotatable bonds is 12. The lowest BCUT2D eigenvalue weighted by molar-refractivity contribution is -0.120. The van der Waals surface area contributed by atoms with Crippen LogP contribution in [0.15, 0.2) is 83.8 Å². The van der Waals surface area contributed by atoms with Crippen LogP contribution in [0, 0.1) is 0 Å². The van der Waals surface area contributed by atoms with E-state index in [0.29, 0.717) is 18.0 Å². The van der Waals surface area contributed by atoms with Crippen molar-refractivity contribution in [2.45, 2.75) is 30.6 Å². The molecule has 1 fully saturated rings. The highest BCUT2D eigenvalue weighted by atomic mass is 32.2. The molecule has 0 radical (unpaired) electrons. The number of benzene rings is 3. The zero-order valence-electron chi connectivity index (χ0n) is 21.8. The van der Waals surface area contributed by atoms with Crippen LogP contribution in [0.4, 0.5) is 5.69 Å². The van der Waals surface area contributed by atoms with Gasteiger partial charge in [-0.3, -0.25) is 14.3 Å². The second-order valence-electron chi connectivity index (χ2n) is 9.33. The second kappa shape index (κ2) is 13.8. The quantitative estimate of drug-likeness (QED) is 0.294. The van der Waals surface area contributed by atoms with E-state index < -0.39 is 15.9 Å². The van der Waals surface area contributed by atoms with Gasteiger partial charge in [-0.15, -0.1) is 0 Å². The molecule has 1 saturated heterocycles. The first kappa shape index (κ1) is 28.1. The van der Waals surface area contributed by atoms with Gasteiger partial charge in [-0.25, -0.2) is 8.42 Å². The van der Waals surface area contributed by atoms with Gasteiger partial charge in [0.2, 0.25) is 5.91 Å². The summed E-state index contributed by atoms with van der Waals surface area (Å²) in [6, 6.07) is 21.3. The molecule has 1 aliphatic rings. The van der Waals surface area contributed by atoms with Gasteiger partial charge in [0.25, 0.3) is 15.9 Å². The number of carbonyl (C=O) groups excluding carboxylic acids is 2. The van der Waals surface area contributed by atoms with Gasteiger partial charge in [0, 0.05) is 12.1 Å². The number of hydrogen-bond donors (Lipinski definition) is 3. The van der Waals surface area contributed by atoms with Crippen molar-refractivity contribution in [3.63, 3.8) is 0 Å². The van der Waals surface area contributed by atoms with Crippen molar-refractivity contribution in [1.29, 1.82) is 0 Å². The highest BCUT2D eigenvalue weighted by Gasteiger charge is 2.18. The van der Waals surface area contributed by atoms with Crippen LogP contribution in [0.25, 0.3) is 0 Å². The van der Waals surface area contributed by atoms with Gasteiger partial charge in [-0.1, -0.05) is 36.8 Å². The van der Waals surface area contributed by atoms with Crippen molar-refractivity contribution in [2.75, 3.05) is 37.4 Å². The summed E-state index contributed by atoms with van der Waals surface area (Å²) in [6.45, 7) is 3.61. The summed E-state index contributed by atoms with van der Waals surface area (Å²) in [5.74, 6) is 0.206. The number of nitrogens with one attached hydrogen (secondary N) is 3.